The molecule has 2 fully saturated rings. The van der Waals surface area contributed by atoms with Gasteiger partial charge in [0.25, 0.3) is 0 Å². The van der Waals surface area contributed by atoms with Gasteiger partial charge in [-0.05, 0) is 0 Å². The van der Waals surface area contributed by atoms with Gasteiger partial charge in [-0.1, -0.05) is 24.0 Å². The Balaban J connectivity index is 2.55. The van der Waals surface area contributed by atoms with E-state index in [1.165, 1.54) is 6.92 Å². The maximum atomic E-state index is 11.8. The van der Waals surface area contributed by atoms with Gasteiger partial charge in [0, 0.05) is 27.7 Å². The molecule has 2 saturated heterocycles. The zero-order valence-corrected chi connectivity index (χ0v) is 17.8. The number of thioether (sulfide) groups is 1. The number of esters is 4. The van der Waals surface area contributed by atoms with Crippen LogP contribution >= 0.6 is 24.0 Å². The standard InChI is InChI=1S/C16H22N2O9S2/c1-6(19)23-5-10-11(24-7(2)20)12(25-8(3)21)13(26-9(4)22)16(27-10)14(17)18-15(28)29-16/h10-14H,5,17H2,1-4H3,(H,18,28)/t10-,11+,12+,13-,14?,16-/m1/s1. The van der Waals surface area contributed by atoms with E-state index in [1.807, 2.05) is 0 Å². The Morgan fingerprint density at radius 3 is 2.03 bits per heavy atom. The second kappa shape index (κ2) is 9.24. The van der Waals surface area contributed by atoms with Gasteiger partial charge in [0.15, 0.2) is 23.2 Å². The molecule has 0 aromatic rings. The molecule has 1 unspecified atom stereocenters. The number of nitrogens with one attached hydrogen (secondary N) is 1. The zero-order chi connectivity index (χ0) is 21.9. The van der Waals surface area contributed by atoms with Gasteiger partial charge in [-0.2, -0.15) is 0 Å². The minimum atomic E-state index is -1.52. The summed E-state index contributed by atoms with van der Waals surface area (Å²) in [6.07, 6.45) is -5.88. The lowest BCUT2D eigenvalue weighted by Crippen LogP contribution is -2.71. The van der Waals surface area contributed by atoms with Crippen molar-refractivity contribution >= 4 is 52.2 Å². The molecule has 0 saturated carbocycles. The summed E-state index contributed by atoms with van der Waals surface area (Å²) in [5, 5.41) is 2.80. The Kier molecular flexibility index (Phi) is 7.43. The number of nitrogens with two attached hydrogens (primary N) is 1. The fraction of sp³-hybridized carbons (Fsp3) is 0.688. The smallest absolute Gasteiger partial charge is 0.303 e. The molecule has 29 heavy (non-hydrogen) atoms. The van der Waals surface area contributed by atoms with Crippen LogP contribution in [-0.2, 0) is 42.9 Å². The lowest BCUT2D eigenvalue weighted by Gasteiger charge is -2.50. The van der Waals surface area contributed by atoms with Crippen LogP contribution in [0.5, 0.6) is 0 Å². The molecular formula is C16H22N2O9S2. The van der Waals surface area contributed by atoms with Crippen molar-refractivity contribution < 1.29 is 42.9 Å². The molecule has 0 radical (unpaired) electrons. The zero-order valence-electron chi connectivity index (χ0n) is 16.2. The number of thiocarbonyl (C=S) groups is 1. The molecule has 0 amide bonds. The summed E-state index contributed by atoms with van der Waals surface area (Å²) in [6, 6.07) is 0. The van der Waals surface area contributed by atoms with E-state index in [-0.39, 0.29) is 10.9 Å². The summed E-state index contributed by atoms with van der Waals surface area (Å²) in [4.78, 5) is 45.1. The van der Waals surface area contributed by atoms with Crippen molar-refractivity contribution in [3.8, 4) is 0 Å². The minimum absolute atomic E-state index is 0.258. The number of rotatable bonds is 5. The van der Waals surface area contributed by atoms with Crippen LogP contribution in [-0.4, -0.2) is 70.3 Å². The van der Waals surface area contributed by atoms with E-state index in [4.69, 9.17) is 41.6 Å². The maximum Gasteiger partial charge on any atom is 0.303 e. The molecule has 0 aromatic carbocycles. The van der Waals surface area contributed by atoms with Crippen molar-refractivity contribution in [2.24, 2.45) is 5.73 Å². The normalized spacial score (nSPS) is 33.6. The Labute approximate surface area is 176 Å². The third-order valence-corrected chi connectivity index (χ3v) is 5.60. The molecule has 13 heteroatoms. The molecule has 3 N–H and O–H groups in total. The first kappa shape index (κ1) is 23.3. The molecule has 2 rings (SSSR count). The Morgan fingerprint density at radius 1 is 1.03 bits per heavy atom. The van der Waals surface area contributed by atoms with Gasteiger partial charge in [0.1, 0.15) is 23.2 Å². The molecule has 1 spiro atoms. The van der Waals surface area contributed by atoms with Crippen molar-refractivity contribution in [1.29, 1.82) is 0 Å². The highest BCUT2D eigenvalue weighted by atomic mass is 32.2. The molecular weight excluding hydrogens is 428 g/mol. The molecule has 0 aliphatic carbocycles. The first-order chi connectivity index (χ1) is 13.5. The average molecular weight is 450 g/mol. The van der Waals surface area contributed by atoms with Crippen molar-refractivity contribution in [3.05, 3.63) is 0 Å². The quantitative estimate of drug-likeness (QED) is 0.310. The highest BCUT2D eigenvalue weighted by Crippen LogP contribution is 2.47. The lowest BCUT2D eigenvalue weighted by atomic mass is 9.92. The predicted octanol–water partition coefficient (Wildman–Crippen LogP) is -0.654. The summed E-state index contributed by atoms with van der Waals surface area (Å²) < 4.78 is 27.4. The molecule has 6 atom stereocenters. The fourth-order valence-electron chi connectivity index (χ4n) is 3.09. The van der Waals surface area contributed by atoms with E-state index < -0.39 is 59.4 Å². The molecule has 2 aliphatic heterocycles. The molecule has 2 heterocycles. The van der Waals surface area contributed by atoms with Crippen LogP contribution in [0.15, 0.2) is 0 Å². The van der Waals surface area contributed by atoms with Gasteiger partial charge in [0.2, 0.25) is 0 Å². The Bertz CT molecular complexity index is 719. The van der Waals surface area contributed by atoms with Crippen molar-refractivity contribution in [1.82, 2.24) is 5.32 Å². The van der Waals surface area contributed by atoms with Gasteiger partial charge >= 0.3 is 23.9 Å². The molecule has 0 aromatic heterocycles. The lowest BCUT2D eigenvalue weighted by molar-refractivity contribution is -0.264. The largest absolute Gasteiger partial charge is 0.463 e. The van der Waals surface area contributed by atoms with Gasteiger partial charge in [-0.15, -0.1) is 0 Å². The third-order valence-electron chi connectivity index (χ3n) is 4.03. The van der Waals surface area contributed by atoms with Crippen LogP contribution in [0.2, 0.25) is 0 Å². The summed E-state index contributed by atoms with van der Waals surface area (Å²) >= 11 is 6.12. The molecule has 0 bridgehead atoms. The van der Waals surface area contributed by atoms with Crippen LogP contribution in [0.4, 0.5) is 0 Å². The molecule has 162 valence electrons. The monoisotopic (exact) mass is 450 g/mol. The summed E-state index contributed by atoms with van der Waals surface area (Å²) in [5.74, 6) is -2.74. The molecule has 2 aliphatic rings. The topological polar surface area (TPSA) is 152 Å². The van der Waals surface area contributed by atoms with Crippen LogP contribution < -0.4 is 11.1 Å². The van der Waals surface area contributed by atoms with E-state index in [0.717, 1.165) is 32.5 Å². The Morgan fingerprint density at radius 2 is 1.59 bits per heavy atom. The highest BCUT2D eigenvalue weighted by Gasteiger charge is 2.65. The number of carbonyl (C=O) groups excluding carboxylic acids is 4. The van der Waals surface area contributed by atoms with Gasteiger partial charge < -0.3 is 34.7 Å². The van der Waals surface area contributed by atoms with Gasteiger partial charge in [-0.3, -0.25) is 19.2 Å². The van der Waals surface area contributed by atoms with Crippen molar-refractivity contribution in [3.63, 3.8) is 0 Å². The maximum absolute atomic E-state index is 11.8. The number of carbonyl (C=O) groups is 4. The van der Waals surface area contributed by atoms with Gasteiger partial charge in [-0.25, -0.2) is 0 Å². The SMILES string of the molecule is CC(=O)OC[C@H]1O[C@@]2(SC(=S)NC2N)[C@H](OC(C)=O)[C@@H](OC(C)=O)[C@H]1OC(C)=O. The fourth-order valence-corrected chi connectivity index (χ4v) is 4.74. The first-order valence-electron chi connectivity index (χ1n) is 8.54. The summed E-state index contributed by atoms with van der Waals surface area (Å²) in [6.45, 7) is 4.30. The minimum Gasteiger partial charge on any atom is -0.463 e. The highest BCUT2D eigenvalue weighted by molar-refractivity contribution is 8.24. The van der Waals surface area contributed by atoms with Crippen LogP contribution in [0.1, 0.15) is 27.7 Å². The van der Waals surface area contributed by atoms with Crippen molar-refractivity contribution in [2.45, 2.75) is 63.2 Å². The Hall–Kier alpha value is -1.96. The summed E-state index contributed by atoms with van der Waals surface area (Å²) in [7, 11) is 0. The van der Waals surface area contributed by atoms with Crippen molar-refractivity contribution in [2.75, 3.05) is 6.61 Å². The number of hydrogen-bond acceptors (Lipinski definition) is 12. The van der Waals surface area contributed by atoms with Crippen LogP contribution in [0, 0.1) is 0 Å². The number of hydrogen-bond donors (Lipinski definition) is 2. The molecule has 11 nitrogen and oxygen atoms in total. The predicted molar refractivity (Wildman–Crippen MR) is 102 cm³/mol. The average Bonchev–Trinajstić information content (AvgIpc) is 2.85. The van der Waals surface area contributed by atoms with E-state index in [2.05, 4.69) is 5.32 Å². The summed E-state index contributed by atoms with van der Waals surface area (Å²) in [5.41, 5.74) is 6.17. The van der Waals surface area contributed by atoms with E-state index in [0.29, 0.717) is 0 Å². The van der Waals surface area contributed by atoms with Crippen LogP contribution in [0.25, 0.3) is 0 Å². The van der Waals surface area contributed by atoms with E-state index in [1.54, 1.807) is 0 Å². The van der Waals surface area contributed by atoms with E-state index >= 15 is 0 Å². The van der Waals surface area contributed by atoms with E-state index in [9.17, 15) is 19.2 Å². The van der Waals surface area contributed by atoms with Crippen LogP contribution in [0.3, 0.4) is 0 Å². The second-order valence-electron chi connectivity index (χ2n) is 6.37. The first-order valence-corrected chi connectivity index (χ1v) is 9.76. The third kappa shape index (κ3) is 5.35. The second-order valence-corrected chi connectivity index (χ2v) is 8.29. The number of ether oxygens (including phenoxy) is 5. The van der Waals surface area contributed by atoms with Gasteiger partial charge in [0.05, 0.1) is 0 Å².